The van der Waals surface area contributed by atoms with E-state index in [0.717, 1.165) is 69.9 Å². The number of nitrogens with zero attached hydrogens (tertiary/aromatic N) is 2. The highest BCUT2D eigenvalue weighted by Gasteiger charge is 2.25. The average Bonchev–Trinajstić information content (AvgIpc) is 2.63. The summed E-state index contributed by atoms with van der Waals surface area (Å²) in [5, 5.41) is 0. The van der Waals surface area contributed by atoms with Gasteiger partial charge in [0.1, 0.15) is 0 Å². The van der Waals surface area contributed by atoms with Gasteiger partial charge in [-0.1, -0.05) is 12.1 Å². The first kappa shape index (κ1) is 19.2. The first-order chi connectivity index (χ1) is 11.3. The van der Waals surface area contributed by atoms with Gasteiger partial charge in [-0.25, -0.2) is 0 Å². The van der Waals surface area contributed by atoms with E-state index >= 15 is 0 Å². The summed E-state index contributed by atoms with van der Waals surface area (Å²) >= 11 is 0. The zero-order chi connectivity index (χ0) is 16.1. The van der Waals surface area contributed by atoms with Gasteiger partial charge in [-0.05, 0) is 36.5 Å². The molecule has 0 saturated carbocycles. The van der Waals surface area contributed by atoms with Crippen LogP contribution in [0.2, 0.25) is 0 Å². The maximum absolute atomic E-state index is 12.6. The number of carbonyl (C=O) groups is 1. The van der Waals surface area contributed by atoms with E-state index in [-0.39, 0.29) is 18.3 Å². The molecule has 1 aromatic carbocycles. The summed E-state index contributed by atoms with van der Waals surface area (Å²) in [6.45, 7) is 7.21. The molecule has 5 nitrogen and oxygen atoms in total. The van der Waals surface area contributed by atoms with Crippen molar-refractivity contribution in [3.8, 4) is 0 Å². The highest BCUT2D eigenvalue weighted by molar-refractivity contribution is 5.94. The highest BCUT2D eigenvalue weighted by atomic mass is 35.5. The molecule has 0 aromatic heterocycles. The van der Waals surface area contributed by atoms with Gasteiger partial charge in [-0.15, -0.1) is 12.4 Å². The summed E-state index contributed by atoms with van der Waals surface area (Å²) in [5.41, 5.74) is 7.44. The Bertz CT molecular complexity index is 510. The van der Waals surface area contributed by atoms with Crippen molar-refractivity contribution in [3.05, 3.63) is 35.4 Å². The minimum absolute atomic E-state index is 0. The van der Waals surface area contributed by atoms with Crippen molar-refractivity contribution in [1.29, 1.82) is 0 Å². The fourth-order valence-corrected chi connectivity index (χ4v) is 3.43. The van der Waals surface area contributed by atoms with Gasteiger partial charge < -0.3 is 15.4 Å². The van der Waals surface area contributed by atoms with E-state index < -0.39 is 0 Å². The molecule has 1 aromatic rings. The zero-order valence-corrected chi connectivity index (χ0v) is 15.0. The number of benzene rings is 1. The highest BCUT2D eigenvalue weighted by Crippen LogP contribution is 2.20. The molecule has 2 N–H and O–H groups in total. The Balaban J connectivity index is 0.00000208. The minimum Gasteiger partial charge on any atom is -0.379 e. The maximum Gasteiger partial charge on any atom is 0.253 e. The van der Waals surface area contributed by atoms with Gasteiger partial charge in [-0.2, -0.15) is 0 Å². The van der Waals surface area contributed by atoms with Crippen molar-refractivity contribution < 1.29 is 9.53 Å². The number of hydrogen-bond donors (Lipinski definition) is 1. The van der Waals surface area contributed by atoms with Gasteiger partial charge in [0.2, 0.25) is 0 Å². The molecule has 24 heavy (non-hydrogen) atoms. The van der Waals surface area contributed by atoms with Crippen LogP contribution in [-0.4, -0.2) is 61.6 Å². The number of hydrogen-bond acceptors (Lipinski definition) is 4. The molecule has 2 heterocycles. The second-order valence-corrected chi connectivity index (χ2v) is 6.55. The first-order valence-electron chi connectivity index (χ1n) is 8.64. The fourth-order valence-electron chi connectivity index (χ4n) is 3.43. The Morgan fingerprint density at radius 1 is 1.08 bits per heavy atom. The third-order valence-corrected chi connectivity index (χ3v) is 4.96. The van der Waals surface area contributed by atoms with Gasteiger partial charge in [-0.3, -0.25) is 9.69 Å². The van der Waals surface area contributed by atoms with Crippen molar-refractivity contribution in [2.75, 3.05) is 45.9 Å². The number of halogens is 1. The smallest absolute Gasteiger partial charge is 0.253 e. The molecule has 2 aliphatic rings. The summed E-state index contributed by atoms with van der Waals surface area (Å²) < 4.78 is 5.40. The van der Waals surface area contributed by atoms with Crippen molar-refractivity contribution in [2.24, 2.45) is 11.7 Å². The van der Waals surface area contributed by atoms with Crippen LogP contribution in [0.15, 0.2) is 24.3 Å². The van der Waals surface area contributed by atoms with Crippen LogP contribution in [0.5, 0.6) is 0 Å². The Labute approximate surface area is 150 Å². The molecule has 3 rings (SSSR count). The van der Waals surface area contributed by atoms with Gasteiger partial charge in [0, 0.05) is 44.8 Å². The van der Waals surface area contributed by atoms with Crippen molar-refractivity contribution in [1.82, 2.24) is 9.80 Å². The minimum atomic E-state index is 0. The summed E-state index contributed by atoms with van der Waals surface area (Å²) in [6.07, 6.45) is 2.20. The molecule has 0 aliphatic carbocycles. The second kappa shape index (κ2) is 9.37. The molecule has 0 spiro atoms. The molecule has 2 aliphatic heterocycles. The Morgan fingerprint density at radius 2 is 1.71 bits per heavy atom. The molecule has 0 radical (unpaired) electrons. The lowest BCUT2D eigenvalue weighted by atomic mass is 9.95. The average molecular weight is 354 g/mol. The molecule has 1 amide bonds. The largest absolute Gasteiger partial charge is 0.379 e. The van der Waals surface area contributed by atoms with E-state index in [4.69, 9.17) is 10.5 Å². The quantitative estimate of drug-likeness (QED) is 0.896. The SMILES string of the molecule is Cl.NCc1ccc(C(=O)N2CCC(CN3CCOCC3)CC2)cc1. The summed E-state index contributed by atoms with van der Waals surface area (Å²) in [7, 11) is 0. The number of carbonyl (C=O) groups excluding carboxylic acids is 1. The van der Waals surface area contributed by atoms with Crippen LogP contribution in [0.3, 0.4) is 0 Å². The van der Waals surface area contributed by atoms with Crippen molar-refractivity contribution in [2.45, 2.75) is 19.4 Å². The van der Waals surface area contributed by atoms with Crippen LogP contribution in [-0.2, 0) is 11.3 Å². The van der Waals surface area contributed by atoms with E-state index in [9.17, 15) is 4.79 Å². The molecule has 6 heteroatoms. The van der Waals surface area contributed by atoms with Crippen molar-refractivity contribution >= 4 is 18.3 Å². The third kappa shape index (κ3) is 4.93. The van der Waals surface area contributed by atoms with Crippen LogP contribution in [0, 0.1) is 5.92 Å². The molecule has 134 valence electrons. The topological polar surface area (TPSA) is 58.8 Å². The fraction of sp³-hybridized carbons (Fsp3) is 0.611. The Hall–Kier alpha value is -1.14. The number of rotatable bonds is 4. The van der Waals surface area contributed by atoms with E-state index in [0.29, 0.717) is 12.5 Å². The molecule has 0 bridgehead atoms. The van der Waals surface area contributed by atoms with Crippen LogP contribution in [0.4, 0.5) is 0 Å². The zero-order valence-electron chi connectivity index (χ0n) is 14.2. The van der Waals surface area contributed by atoms with Crippen LogP contribution in [0.1, 0.15) is 28.8 Å². The molecule has 0 unspecified atom stereocenters. The lowest BCUT2D eigenvalue weighted by molar-refractivity contribution is 0.0243. The second-order valence-electron chi connectivity index (χ2n) is 6.55. The molecular weight excluding hydrogens is 326 g/mol. The summed E-state index contributed by atoms with van der Waals surface area (Å²) in [6, 6.07) is 7.67. The molecule has 0 atom stereocenters. The van der Waals surface area contributed by atoms with E-state index in [1.54, 1.807) is 0 Å². The number of ether oxygens (including phenoxy) is 1. The summed E-state index contributed by atoms with van der Waals surface area (Å²) in [4.78, 5) is 17.1. The molecule has 2 saturated heterocycles. The predicted octanol–water partition coefficient (Wildman–Crippen LogP) is 1.75. The molecular formula is C18H28ClN3O2. The normalized spacial score (nSPS) is 19.8. The number of nitrogens with two attached hydrogens (primary N) is 1. The third-order valence-electron chi connectivity index (χ3n) is 4.96. The van der Waals surface area contributed by atoms with Crippen LogP contribution >= 0.6 is 12.4 Å². The predicted molar refractivity (Wildman–Crippen MR) is 97.5 cm³/mol. The van der Waals surface area contributed by atoms with Gasteiger partial charge in [0.25, 0.3) is 5.91 Å². The van der Waals surface area contributed by atoms with Crippen LogP contribution < -0.4 is 5.73 Å². The van der Waals surface area contributed by atoms with Crippen molar-refractivity contribution in [3.63, 3.8) is 0 Å². The molecule has 2 fully saturated rings. The number of piperidine rings is 1. The Morgan fingerprint density at radius 3 is 2.29 bits per heavy atom. The lowest BCUT2D eigenvalue weighted by Crippen LogP contribution is -2.44. The number of likely N-dealkylation sites (tertiary alicyclic amines) is 1. The summed E-state index contributed by atoms with van der Waals surface area (Å²) in [5.74, 6) is 0.857. The van der Waals surface area contributed by atoms with E-state index in [1.807, 2.05) is 29.2 Å². The standard InChI is InChI=1S/C18H27N3O2.ClH/c19-13-15-1-3-17(4-2-15)18(22)21-7-5-16(6-8-21)14-20-9-11-23-12-10-20;/h1-4,16H,5-14,19H2;1H. The lowest BCUT2D eigenvalue weighted by Gasteiger charge is -2.36. The number of morpholine rings is 1. The van der Waals surface area contributed by atoms with Gasteiger partial charge in [0.15, 0.2) is 0 Å². The monoisotopic (exact) mass is 353 g/mol. The maximum atomic E-state index is 12.6. The first-order valence-corrected chi connectivity index (χ1v) is 8.64. The number of amides is 1. The van der Waals surface area contributed by atoms with E-state index in [2.05, 4.69) is 4.90 Å². The van der Waals surface area contributed by atoms with E-state index in [1.165, 1.54) is 0 Å². The Kier molecular flexibility index (Phi) is 7.49. The van der Waals surface area contributed by atoms with Gasteiger partial charge >= 0.3 is 0 Å². The van der Waals surface area contributed by atoms with Crippen LogP contribution in [0.25, 0.3) is 0 Å². The van der Waals surface area contributed by atoms with Gasteiger partial charge in [0.05, 0.1) is 13.2 Å².